The fourth-order valence-corrected chi connectivity index (χ4v) is 0.767. The van der Waals surface area contributed by atoms with Crippen LogP contribution in [-0.4, -0.2) is 0 Å². The molecule has 14 heavy (non-hydrogen) atoms. The summed E-state index contributed by atoms with van der Waals surface area (Å²) in [5.74, 6) is 5.94. The maximum Gasteiger partial charge on any atom is 0.0176 e. The minimum absolute atomic E-state index is 0.869. The molecule has 0 spiro atoms. The molecule has 0 aromatic heterocycles. The normalized spacial score (nSPS) is 9.00. The van der Waals surface area contributed by atoms with Gasteiger partial charge in [0.05, 0.1) is 0 Å². The first kappa shape index (κ1) is 15.3. The van der Waals surface area contributed by atoms with E-state index >= 15 is 0 Å². The number of hydrogen-bond acceptors (Lipinski definition) is 0. The summed E-state index contributed by atoms with van der Waals surface area (Å²) >= 11 is 0. The Morgan fingerprint density at radius 3 is 2.21 bits per heavy atom. The number of rotatable bonds is 3. The summed E-state index contributed by atoms with van der Waals surface area (Å²) < 4.78 is 0. The second kappa shape index (κ2) is 11.8. The molecule has 78 valence electrons. The van der Waals surface area contributed by atoms with E-state index in [-0.39, 0.29) is 0 Å². The average Bonchev–Trinajstić information content (AvgIpc) is 2.25. The van der Waals surface area contributed by atoms with Gasteiger partial charge in [0, 0.05) is 12.0 Å². The van der Waals surface area contributed by atoms with E-state index < -0.39 is 0 Å². The van der Waals surface area contributed by atoms with E-state index in [2.05, 4.69) is 31.9 Å². The van der Waals surface area contributed by atoms with Crippen LogP contribution in [0.3, 0.4) is 0 Å². The van der Waals surface area contributed by atoms with Crippen molar-refractivity contribution < 1.29 is 0 Å². The standard InChI is InChI=1S/C12H16.C2H6/c1-5-8-9-11(4)10-12(6-2)7-3;1-2/h6,10H,2,4-5,7H2,1,3H3;1-2H3/b12-10+;. The molecule has 0 heterocycles. The van der Waals surface area contributed by atoms with Crippen molar-refractivity contribution in [3.05, 3.63) is 36.5 Å². The van der Waals surface area contributed by atoms with E-state index in [9.17, 15) is 0 Å². The predicted octanol–water partition coefficient (Wildman–Crippen LogP) is 4.50. The first-order chi connectivity index (χ1) is 6.74. The Morgan fingerprint density at radius 1 is 1.29 bits per heavy atom. The molecule has 0 saturated carbocycles. The summed E-state index contributed by atoms with van der Waals surface area (Å²) in [4.78, 5) is 0. The number of allylic oxidation sites excluding steroid dienone is 4. The molecule has 0 atom stereocenters. The van der Waals surface area contributed by atoms with Gasteiger partial charge < -0.3 is 0 Å². The van der Waals surface area contributed by atoms with Crippen LogP contribution in [0.4, 0.5) is 0 Å². The SMILES string of the molecule is C=C/C(=C\C(=C)C#CCC)CC.CC. The van der Waals surface area contributed by atoms with Gasteiger partial charge in [0.15, 0.2) is 0 Å². The third kappa shape index (κ3) is 8.87. The monoisotopic (exact) mass is 190 g/mol. The lowest BCUT2D eigenvalue weighted by atomic mass is 10.1. The van der Waals surface area contributed by atoms with Gasteiger partial charge in [0.2, 0.25) is 0 Å². The van der Waals surface area contributed by atoms with Crippen LogP contribution in [0.15, 0.2) is 36.5 Å². The molecule has 0 radical (unpaired) electrons. The Balaban J connectivity index is 0. The van der Waals surface area contributed by atoms with Crippen LogP contribution in [0.25, 0.3) is 0 Å². The van der Waals surface area contributed by atoms with Gasteiger partial charge in [0.1, 0.15) is 0 Å². The van der Waals surface area contributed by atoms with Crippen LogP contribution in [0.5, 0.6) is 0 Å². The highest BCUT2D eigenvalue weighted by molar-refractivity contribution is 5.39. The Bertz CT molecular complexity index is 243. The van der Waals surface area contributed by atoms with Crippen LogP contribution in [0, 0.1) is 11.8 Å². The van der Waals surface area contributed by atoms with Crippen molar-refractivity contribution in [2.45, 2.75) is 40.5 Å². The van der Waals surface area contributed by atoms with Crippen molar-refractivity contribution in [2.75, 3.05) is 0 Å². The maximum atomic E-state index is 3.83. The zero-order valence-electron chi connectivity index (χ0n) is 9.98. The quantitative estimate of drug-likeness (QED) is 0.454. The number of hydrogen-bond donors (Lipinski definition) is 0. The minimum atomic E-state index is 0.869. The molecule has 0 N–H and O–H groups in total. The predicted molar refractivity (Wildman–Crippen MR) is 67.1 cm³/mol. The zero-order chi connectivity index (χ0) is 11.4. The van der Waals surface area contributed by atoms with E-state index in [0.717, 1.165) is 18.4 Å². The molecule has 0 saturated heterocycles. The largest absolute Gasteiger partial charge is 0.0988 e. The highest BCUT2D eigenvalue weighted by Gasteiger charge is 1.86. The first-order valence-corrected chi connectivity index (χ1v) is 5.25. The Labute approximate surface area is 89.4 Å². The van der Waals surface area contributed by atoms with Gasteiger partial charge in [-0.25, -0.2) is 0 Å². The van der Waals surface area contributed by atoms with E-state index in [1.807, 2.05) is 32.9 Å². The van der Waals surface area contributed by atoms with Crippen LogP contribution < -0.4 is 0 Å². The molecular weight excluding hydrogens is 168 g/mol. The lowest BCUT2D eigenvalue weighted by Gasteiger charge is -1.93. The van der Waals surface area contributed by atoms with E-state index in [1.165, 1.54) is 5.57 Å². The summed E-state index contributed by atoms with van der Waals surface area (Å²) in [7, 11) is 0. The third-order valence-corrected chi connectivity index (χ3v) is 1.46. The van der Waals surface area contributed by atoms with E-state index in [1.54, 1.807) is 0 Å². The molecule has 0 amide bonds. The molecule has 0 aliphatic rings. The van der Waals surface area contributed by atoms with Crippen LogP contribution in [0.1, 0.15) is 40.5 Å². The molecular formula is C14H22. The van der Waals surface area contributed by atoms with Gasteiger partial charge >= 0.3 is 0 Å². The Morgan fingerprint density at radius 2 is 1.86 bits per heavy atom. The van der Waals surface area contributed by atoms with Gasteiger partial charge in [-0.2, -0.15) is 0 Å². The summed E-state index contributed by atoms with van der Waals surface area (Å²) in [6.45, 7) is 15.7. The molecule has 0 heteroatoms. The van der Waals surface area contributed by atoms with Gasteiger partial charge in [-0.05, 0) is 18.1 Å². The minimum Gasteiger partial charge on any atom is -0.0988 e. The second-order valence-electron chi connectivity index (χ2n) is 2.46. The molecule has 0 aliphatic carbocycles. The van der Waals surface area contributed by atoms with Gasteiger partial charge in [-0.1, -0.05) is 58.8 Å². The Kier molecular flexibility index (Phi) is 12.8. The lowest BCUT2D eigenvalue weighted by molar-refractivity contribution is 1.15. The van der Waals surface area contributed by atoms with Crippen molar-refractivity contribution >= 4 is 0 Å². The summed E-state index contributed by atoms with van der Waals surface area (Å²) in [6.07, 6.45) is 5.69. The van der Waals surface area contributed by atoms with Crippen molar-refractivity contribution in [3.63, 3.8) is 0 Å². The molecule has 0 unspecified atom stereocenters. The molecule has 0 fully saturated rings. The molecule has 0 aromatic carbocycles. The third-order valence-electron chi connectivity index (χ3n) is 1.46. The molecule has 0 rings (SSSR count). The lowest BCUT2D eigenvalue weighted by Crippen LogP contribution is -1.76. The fraction of sp³-hybridized carbons (Fsp3) is 0.429. The van der Waals surface area contributed by atoms with Crippen LogP contribution >= 0.6 is 0 Å². The summed E-state index contributed by atoms with van der Waals surface area (Å²) in [5, 5.41) is 0. The van der Waals surface area contributed by atoms with Gasteiger partial charge in [-0.3, -0.25) is 0 Å². The van der Waals surface area contributed by atoms with Gasteiger partial charge in [-0.15, -0.1) is 0 Å². The molecule has 0 bridgehead atoms. The maximum absolute atomic E-state index is 3.83. The van der Waals surface area contributed by atoms with Crippen LogP contribution in [0.2, 0.25) is 0 Å². The zero-order valence-corrected chi connectivity index (χ0v) is 9.98. The fourth-order valence-electron chi connectivity index (χ4n) is 0.767. The highest BCUT2D eigenvalue weighted by Crippen LogP contribution is 2.04. The average molecular weight is 190 g/mol. The topological polar surface area (TPSA) is 0 Å². The van der Waals surface area contributed by atoms with Crippen molar-refractivity contribution in [2.24, 2.45) is 0 Å². The van der Waals surface area contributed by atoms with Crippen molar-refractivity contribution in [3.8, 4) is 11.8 Å². The molecule has 0 aromatic rings. The summed E-state index contributed by atoms with van der Waals surface area (Å²) in [6, 6.07) is 0. The second-order valence-corrected chi connectivity index (χ2v) is 2.46. The highest BCUT2D eigenvalue weighted by atomic mass is 13.9. The van der Waals surface area contributed by atoms with Crippen molar-refractivity contribution in [1.82, 2.24) is 0 Å². The Hall–Kier alpha value is -1.22. The molecule has 0 aliphatic heterocycles. The smallest absolute Gasteiger partial charge is 0.0176 e. The first-order valence-electron chi connectivity index (χ1n) is 5.25. The van der Waals surface area contributed by atoms with E-state index in [4.69, 9.17) is 0 Å². The summed E-state index contributed by atoms with van der Waals surface area (Å²) in [5.41, 5.74) is 2.05. The van der Waals surface area contributed by atoms with Crippen LogP contribution in [-0.2, 0) is 0 Å². The van der Waals surface area contributed by atoms with E-state index in [0.29, 0.717) is 0 Å². The van der Waals surface area contributed by atoms with Gasteiger partial charge in [0.25, 0.3) is 0 Å². The van der Waals surface area contributed by atoms with Crippen molar-refractivity contribution in [1.29, 1.82) is 0 Å². The molecule has 0 nitrogen and oxygen atoms in total.